The van der Waals surface area contributed by atoms with Crippen molar-refractivity contribution in [3.05, 3.63) is 0 Å². The molecule has 0 radical (unpaired) electrons. The van der Waals surface area contributed by atoms with Gasteiger partial charge < -0.3 is 0 Å². The smallest absolute Gasteiger partial charge is 0.186 e. The third-order valence-electron chi connectivity index (χ3n) is 0.939. The Bertz CT molecular complexity index is 66.1. The maximum absolute atomic E-state index is 9.78. The van der Waals surface area contributed by atoms with Gasteiger partial charge in [0.15, 0.2) is 5.62 Å². The van der Waals surface area contributed by atoms with Gasteiger partial charge in [-0.2, -0.15) is 0 Å². The zero-order valence-electron chi connectivity index (χ0n) is 5.63. The molecule has 0 spiro atoms. The number of hydrogen-bond acceptors (Lipinski definition) is 3. The molecule has 0 aliphatic carbocycles. The molecular formula is C6H12OS2. The average Bonchev–Trinajstić information content (AvgIpc) is 1.89. The molecule has 0 heterocycles. The van der Waals surface area contributed by atoms with Gasteiger partial charge in [0.2, 0.25) is 0 Å². The standard InChI is InChI=1S/C6H12OS2/c1-2-3-4-5-8-9-6-7/h6H,2-5H2,1H3. The predicted molar refractivity (Wildman–Crippen MR) is 46.3 cm³/mol. The third kappa shape index (κ3) is 8.37. The highest BCUT2D eigenvalue weighted by atomic mass is 33.1. The van der Waals surface area contributed by atoms with Gasteiger partial charge in [0.05, 0.1) is 0 Å². The molecular weight excluding hydrogens is 152 g/mol. The molecule has 0 aliphatic heterocycles. The minimum Gasteiger partial charge on any atom is -0.290 e. The van der Waals surface area contributed by atoms with Crippen LogP contribution in [0.2, 0.25) is 0 Å². The zero-order chi connectivity index (χ0) is 6.95. The molecule has 0 aromatic carbocycles. The summed E-state index contributed by atoms with van der Waals surface area (Å²) in [5.74, 6) is 1.11. The van der Waals surface area contributed by atoms with Gasteiger partial charge in [-0.3, -0.25) is 4.79 Å². The first-order valence-electron chi connectivity index (χ1n) is 3.13. The molecule has 0 aliphatic rings. The fraction of sp³-hybridized carbons (Fsp3) is 0.833. The fourth-order valence-corrected chi connectivity index (χ4v) is 1.77. The third-order valence-corrected chi connectivity index (χ3v) is 2.75. The van der Waals surface area contributed by atoms with Crippen LogP contribution in [0.1, 0.15) is 26.2 Å². The summed E-state index contributed by atoms with van der Waals surface area (Å²) in [6, 6.07) is 0. The Hall–Kier alpha value is 0.370. The summed E-state index contributed by atoms with van der Waals surface area (Å²) in [5, 5.41) is 0. The molecule has 0 unspecified atom stereocenters. The van der Waals surface area contributed by atoms with E-state index in [9.17, 15) is 4.79 Å². The van der Waals surface area contributed by atoms with Crippen LogP contribution in [0.4, 0.5) is 0 Å². The van der Waals surface area contributed by atoms with Gasteiger partial charge in [0, 0.05) is 5.75 Å². The Labute approximate surface area is 64.4 Å². The first kappa shape index (κ1) is 9.37. The van der Waals surface area contributed by atoms with E-state index >= 15 is 0 Å². The number of rotatable bonds is 6. The van der Waals surface area contributed by atoms with Crippen LogP contribution < -0.4 is 0 Å². The Morgan fingerprint density at radius 2 is 2.22 bits per heavy atom. The maximum atomic E-state index is 9.78. The summed E-state index contributed by atoms with van der Waals surface area (Å²) in [6.45, 7) is 2.18. The van der Waals surface area contributed by atoms with Crippen LogP contribution in [-0.2, 0) is 4.79 Å². The zero-order valence-corrected chi connectivity index (χ0v) is 7.26. The highest BCUT2D eigenvalue weighted by molar-refractivity contribution is 8.81. The molecule has 0 bridgehead atoms. The second kappa shape index (κ2) is 8.37. The lowest BCUT2D eigenvalue weighted by molar-refractivity contribution is 0.570. The molecule has 1 nitrogen and oxygen atoms in total. The van der Waals surface area contributed by atoms with E-state index in [1.165, 1.54) is 30.1 Å². The Morgan fingerprint density at radius 3 is 2.78 bits per heavy atom. The molecule has 0 amide bonds. The molecule has 0 saturated carbocycles. The molecule has 54 valence electrons. The van der Waals surface area contributed by atoms with E-state index in [1.54, 1.807) is 10.8 Å². The lowest BCUT2D eigenvalue weighted by Gasteiger charge is -1.92. The molecule has 9 heavy (non-hydrogen) atoms. The van der Waals surface area contributed by atoms with Crippen LogP contribution in [0.5, 0.6) is 0 Å². The fourth-order valence-electron chi connectivity index (χ4n) is 0.487. The van der Waals surface area contributed by atoms with E-state index in [4.69, 9.17) is 0 Å². The van der Waals surface area contributed by atoms with Crippen molar-refractivity contribution in [2.75, 3.05) is 5.75 Å². The molecule has 0 rings (SSSR count). The number of carbonyl (C=O) groups is 1. The Kier molecular flexibility index (Phi) is 8.71. The highest BCUT2D eigenvalue weighted by Gasteiger charge is 1.86. The predicted octanol–water partition coefficient (Wildman–Crippen LogP) is 2.75. The maximum Gasteiger partial charge on any atom is 0.186 e. The van der Waals surface area contributed by atoms with Crippen molar-refractivity contribution in [2.24, 2.45) is 0 Å². The van der Waals surface area contributed by atoms with Gasteiger partial charge in [-0.25, -0.2) is 0 Å². The lowest BCUT2D eigenvalue weighted by atomic mass is 10.3. The van der Waals surface area contributed by atoms with Crippen molar-refractivity contribution in [1.82, 2.24) is 0 Å². The van der Waals surface area contributed by atoms with Crippen molar-refractivity contribution in [3.8, 4) is 0 Å². The topological polar surface area (TPSA) is 17.1 Å². The summed E-state index contributed by atoms with van der Waals surface area (Å²) in [7, 11) is 2.94. The van der Waals surface area contributed by atoms with Gasteiger partial charge in [-0.1, -0.05) is 30.6 Å². The first-order chi connectivity index (χ1) is 4.41. The summed E-state index contributed by atoms with van der Waals surface area (Å²) < 4.78 is 0. The number of carbonyl (C=O) groups excluding carboxylic acids is 1. The van der Waals surface area contributed by atoms with Gasteiger partial charge in [0.25, 0.3) is 0 Å². The molecule has 0 aromatic rings. The van der Waals surface area contributed by atoms with E-state index in [0.717, 1.165) is 11.4 Å². The SMILES string of the molecule is CCCCCSSC=O. The van der Waals surface area contributed by atoms with Gasteiger partial charge in [-0.15, -0.1) is 0 Å². The van der Waals surface area contributed by atoms with Crippen LogP contribution in [0.15, 0.2) is 0 Å². The van der Waals surface area contributed by atoms with Crippen molar-refractivity contribution in [2.45, 2.75) is 26.2 Å². The normalized spacial score (nSPS) is 9.44. The van der Waals surface area contributed by atoms with E-state index in [1.807, 2.05) is 0 Å². The lowest BCUT2D eigenvalue weighted by Crippen LogP contribution is -1.75. The van der Waals surface area contributed by atoms with Gasteiger partial charge in [-0.05, 0) is 17.2 Å². The minimum atomic E-state index is 0.886. The van der Waals surface area contributed by atoms with Crippen molar-refractivity contribution >= 4 is 27.2 Å². The molecule has 0 saturated heterocycles. The van der Waals surface area contributed by atoms with Crippen LogP contribution in [0.3, 0.4) is 0 Å². The van der Waals surface area contributed by atoms with E-state index in [-0.39, 0.29) is 0 Å². The van der Waals surface area contributed by atoms with E-state index in [0.29, 0.717) is 0 Å². The van der Waals surface area contributed by atoms with Crippen LogP contribution in [-0.4, -0.2) is 11.4 Å². The number of hydrogen-bond donors (Lipinski definition) is 0. The quantitative estimate of drug-likeness (QED) is 0.341. The second-order valence-electron chi connectivity index (χ2n) is 1.72. The summed E-state index contributed by atoms with van der Waals surface area (Å²) in [5.41, 5.74) is 0.886. The first-order valence-corrected chi connectivity index (χ1v) is 5.52. The van der Waals surface area contributed by atoms with E-state index < -0.39 is 0 Å². The molecule has 0 atom stereocenters. The Morgan fingerprint density at radius 1 is 1.44 bits per heavy atom. The highest BCUT2D eigenvalue weighted by Crippen LogP contribution is 2.19. The average molecular weight is 164 g/mol. The second-order valence-corrected chi connectivity index (χ2v) is 4.03. The number of unbranched alkanes of at least 4 members (excludes halogenated alkanes) is 2. The van der Waals surface area contributed by atoms with Crippen molar-refractivity contribution in [1.29, 1.82) is 0 Å². The molecule has 0 fully saturated rings. The summed E-state index contributed by atoms with van der Waals surface area (Å²) in [6.07, 6.45) is 3.78. The van der Waals surface area contributed by atoms with Crippen LogP contribution >= 0.6 is 21.6 Å². The molecule has 3 heteroatoms. The largest absolute Gasteiger partial charge is 0.290 e. The van der Waals surface area contributed by atoms with Gasteiger partial charge in [0.1, 0.15) is 0 Å². The molecule has 0 aromatic heterocycles. The Balaban J connectivity index is 2.66. The minimum absolute atomic E-state index is 0.886. The van der Waals surface area contributed by atoms with Crippen LogP contribution in [0, 0.1) is 0 Å². The summed E-state index contributed by atoms with van der Waals surface area (Å²) >= 11 is 0. The van der Waals surface area contributed by atoms with Crippen molar-refractivity contribution < 1.29 is 4.79 Å². The monoisotopic (exact) mass is 164 g/mol. The van der Waals surface area contributed by atoms with E-state index in [2.05, 4.69) is 6.92 Å². The molecule has 0 N–H and O–H groups in total. The van der Waals surface area contributed by atoms with Crippen molar-refractivity contribution in [3.63, 3.8) is 0 Å². The van der Waals surface area contributed by atoms with Gasteiger partial charge >= 0.3 is 0 Å². The summed E-state index contributed by atoms with van der Waals surface area (Å²) in [4.78, 5) is 9.78. The van der Waals surface area contributed by atoms with Crippen LogP contribution in [0.25, 0.3) is 0 Å².